The largest absolute Gasteiger partial charge is 0.310 e. The maximum absolute atomic E-state index is 5.78. The zero-order valence-electron chi connectivity index (χ0n) is 52.0. The van der Waals surface area contributed by atoms with Crippen molar-refractivity contribution in [3.63, 3.8) is 0 Å². The second kappa shape index (κ2) is 27.6. The highest BCUT2D eigenvalue weighted by molar-refractivity contribution is 9.10. The van der Waals surface area contributed by atoms with E-state index in [1.807, 2.05) is 0 Å². The van der Waals surface area contributed by atoms with Gasteiger partial charge in [-0.2, -0.15) is 0 Å². The van der Waals surface area contributed by atoms with Gasteiger partial charge in [0.25, 0.3) is 0 Å². The Hall–Kier alpha value is -7.60. The van der Waals surface area contributed by atoms with Crippen LogP contribution in [0.5, 0.6) is 0 Å². The lowest BCUT2D eigenvalue weighted by Gasteiger charge is -2.34. The summed E-state index contributed by atoms with van der Waals surface area (Å²) in [5, 5.41) is 0. The van der Waals surface area contributed by atoms with Crippen LogP contribution in [0.25, 0.3) is 55.8 Å². The first kappa shape index (κ1) is 59.7. The first-order valence-electron chi connectivity index (χ1n) is 33.3. The molecule has 0 atom stereocenters. The van der Waals surface area contributed by atoms with E-state index in [2.05, 4.69) is 266 Å². The van der Waals surface area contributed by atoms with Crippen LogP contribution in [-0.2, 0) is 10.8 Å². The van der Waals surface area contributed by atoms with Crippen molar-refractivity contribution >= 4 is 61.1 Å². The molecule has 0 saturated heterocycles. The summed E-state index contributed by atoms with van der Waals surface area (Å²) in [4.78, 5) is 16.4. The fourth-order valence-corrected chi connectivity index (χ4v) is 15.3. The molecular formula is C82H87BrN4. The summed E-state index contributed by atoms with van der Waals surface area (Å²) >= 11 is 3.85. The van der Waals surface area contributed by atoms with Crippen molar-refractivity contribution in [2.75, 3.05) is 9.80 Å². The molecule has 0 N–H and O–H groups in total. The van der Waals surface area contributed by atoms with Gasteiger partial charge >= 0.3 is 0 Å². The van der Waals surface area contributed by atoms with Crippen molar-refractivity contribution < 1.29 is 0 Å². The highest BCUT2D eigenvalue weighted by atomic mass is 79.9. The second-order valence-electron chi connectivity index (χ2n) is 25.0. The van der Waals surface area contributed by atoms with Gasteiger partial charge in [0.05, 0.1) is 22.4 Å². The Bertz CT molecular complexity index is 3810. The Morgan fingerprint density at radius 3 is 0.966 bits per heavy atom. The van der Waals surface area contributed by atoms with Crippen LogP contribution in [0.3, 0.4) is 0 Å². The number of rotatable bonds is 28. The lowest BCUT2D eigenvalue weighted by molar-refractivity contribution is 0.401. The Balaban J connectivity index is 1.04. The molecule has 12 rings (SSSR count). The van der Waals surface area contributed by atoms with E-state index >= 15 is 0 Å². The number of nitrogens with zero attached hydrogens (tertiary/aromatic N) is 4. The van der Waals surface area contributed by atoms with E-state index in [1.165, 1.54) is 159 Å². The maximum atomic E-state index is 5.78. The van der Waals surface area contributed by atoms with Crippen LogP contribution < -0.4 is 9.80 Å². The first-order valence-corrected chi connectivity index (χ1v) is 34.0. The normalized spacial score (nSPS) is 13.3. The summed E-state index contributed by atoms with van der Waals surface area (Å²) in [5.41, 5.74) is 23.9. The third-order valence-electron chi connectivity index (χ3n) is 19.3. The van der Waals surface area contributed by atoms with Gasteiger partial charge in [-0.05, 0) is 173 Å². The van der Waals surface area contributed by atoms with Crippen LogP contribution in [0.4, 0.5) is 34.1 Å². The molecule has 1 heterocycles. The highest BCUT2D eigenvalue weighted by Gasteiger charge is 2.45. The molecule has 0 saturated carbocycles. The van der Waals surface area contributed by atoms with Crippen molar-refractivity contribution in [2.45, 2.75) is 167 Å². The molecule has 0 unspecified atom stereocenters. The Morgan fingerprint density at radius 2 is 0.621 bits per heavy atom. The summed E-state index contributed by atoms with van der Waals surface area (Å²) in [6.07, 6.45) is 23.9. The van der Waals surface area contributed by atoms with Crippen LogP contribution in [0.15, 0.2) is 217 Å². The molecule has 9 aromatic carbocycles. The lowest BCUT2D eigenvalue weighted by atomic mass is 9.70. The number of unbranched alkanes of at least 4 members (excludes halogenated alkanes) is 12. The van der Waals surface area contributed by atoms with Gasteiger partial charge in [0.1, 0.15) is 0 Å². The molecular weight excluding hydrogens is 1120 g/mol. The van der Waals surface area contributed by atoms with E-state index < -0.39 is 0 Å². The van der Waals surface area contributed by atoms with Crippen LogP contribution in [0, 0.1) is 0 Å². The number of hydrogen-bond donors (Lipinski definition) is 0. The SMILES string of the molecule is CCCCCCC1(CCCCCC)c2cc(-c3nc4ccc(Br)cc4nc3-c3ccc4c(c3)C(CCCCCC)(CCCCCC)c3cc(N(c5ccccc5)c5ccccc5)ccc3-4)ccc2-c2ccc(N(c3ccccc3)c3ccccc3)cc21. The van der Waals surface area contributed by atoms with Crippen molar-refractivity contribution in [3.8, 4) is 44.8 Å². The second-order valence-corrected chi connectivity index (χ2v) is 25.9. The molecule has 5 heteroatoms. The van der Waals surface area contributed by atoms with Crippen molar-refractivity contribution in [3.05, 3.63) is 239 Å². The van der Waals surface area contributed by atoms with Gasteiger partial charge < -0.3 is 9.80 Å². The van der Waals surface area contributed by atoms with E-state index in [-0.39, 0.29) is 10.8 Å². The molecule has 0 amide bonds. The van der Waals surface area contributed by atoms with Gasteiger partial charge in [-0.15, -0.1) is 0 Å². The molecule has 87 heavy (non-hydrogen) atoms. The smallest absolute Gasteiger partial charge is 0.0973 e. The molecule has 442 valence electrons. The average molecular weight is 1210 g/mol. The third-order valence-corrected chi connectivity index (χ3v) is 19.8. The van der Waals surface area contributed by atoms with E-state index in [1.54, 1.807) is 0 Å². The summed E-state index contributed by atoms with van der Waals surface area (Å²) < 4.78 is 1.00. The summed E-state index contributed by atoms with van der Waals surface area (Å²) in [5.74, 6) is 0. The average Bonchev–Trinajstić information content (AvgIpc) is 1.62. The molecule has 0 fully saturated rings. The number of aromatic nitrogens is 2. The van der Waals surface area contributed by atoms with E-state index in [0.29, 0.717) is 0 Å². The highest BCUT2D eigenvalue weighted by Crippen LogP contribution is 2.59. The minimum atomic E-state index is -0.186. The third kappa shape index (κ3) is 12.2. The zero-order chi connectivity index (χ0) is 59.6. The monoisotopic (exact) mass is 1210 g/mol. The van der Waals surface area contributed by atoms with Gasteiger partial charge in [0.15, 0.2) is 0 Å². The van der Waals surface area contributed by atoms with Gasteiger partial charge in [-0.1, -0.05) is 256 Å². The van der Waals surface area contributed by atoms with Crippen LogP contribution in [-0.4, -0.2) is 9.97 Å². The first-order chi connectivity index (χ1) is 42.9. The van der Waals surface area contributed by atoms with E-state index in [9.17, 15) is 0 Å². The summed E-state index contributed by atoms with van der Waals surface area (Å²) in [6.45, 7) is 9.35. The predicted octanol–water partition coefficient (Wildman–Crippen LogP) is 25.1. The fourth-order valence-electron chi connectivity index (χ4n) is 14.9. The Labute approximate surface area is 528 Å². The van der Waals surface area contributed by atoms with Crippen LogP contribution in [0.1, 0.15) is 178 Å². The molecule has 4 nitrogen and oxygen atoms in total. The van der Waals surface area contributed by atoms with E-state index in [4.69, 9.17) is 9.97 Å². The molecule has 0 bridgehead atoms. The summed E-state index contributed by atoms with van der Waals surface area (Å²) in [7, 11) is 0. The minimum Gasteiger partial charge on any atom is -0.310 e. The lowest BCUT2D eigenvalue weighted by Crippen LogP contribution is -2.26. The van der Waals surface area contributed by atoms with Crippen LogP contribution in [0.2, 0.25) is 0 Å². The van der Waals surface area contributed by atoms with Crippen molar-refractivity contribution in [1.82, 2.24) is 9.97 Å². The Kier molecular flexibility index (Phi) is 19.0. The van der Waals surface area contributed by atoms with Crippen molar-refractivity contribution in [1.29, 1.82) is 0 Å². The number of hydrogen-bond acceptors (Lipinski definition) is 4. The number of anilines is 6. The number of para-hydroxylation sites is 4. The summed E-state index contributed by atoms with van der Waals surface area (Å²) in [6, 6.07) is 79.8. The van der Waals surface area contributed by atoms with E-state index in [0.717, 1.165) is 86.5 Å². The van der Waals surface area contributed by atoms with Crippen molar-refractivity contribution in [2.24, 2.45) is 0 Å². The number of fused-ring (bicyclic) bond motifs is 7. The number of halogens is 1. The van der Waals surface area contributed by atoms with Crippen LogP contribution >= 0.6 is 15.9 Å². The minimum absolute atomic E-state index is 0.184. The molecule has 10 aromatic rings. The molecule has 2 aliphatic rings. The fraction of sp³-hybridized carbons (Fsp3) is 0.317. The topological polar surface area (TPSA) is 32.3 Å². The molecule has 1 aromatic heterocycles. The van der Waals surface area contributed by atoms with Gasteiger partial charge in [0.2, 0.25) is 0 Å². The molecule has 0 radical (unpaired) electrons. The predicted molar refractivity (Wildman–Crippen MR) is 375 cm³/mol. The quantitative estimate of drug-likeness (QED) is 0.0458. The van der Waals surface area contributed by atoms with Gasteiger partial charge in [-0.25, -0.2) is 9.97 Å². The molecule has 0 aliphatic heterocycles. The van der Waals surface area contributed by atoms with Gasteiger partial charge in [0, 0.05) is 60.6 Å². The van der Waals surface area contributed by atoms with Gasteiger partial charge in [-0.3, -0.25) is 0 Å². The molecule has 2 aliphatic carbocycles. The zero-order valence-corrected chi connectivity index (χ0v) is 53.6. The standard InChI is InChI=1S/C82H87BrN4/c1-5-9-13-29-51-81(52-30-14-10-6-2)73-55-60(41-46-69(73)71-48-44-67(58-75(71)81)86(63-33-21-17-22-34-63)64-35-23-18-24-36-64)79-80(85-78-57-62(83)43-50-77(78)84-79)61-42-47-70-72-49-45-68(87(65-37-25-19-26-38-65)66-39-27-20-28-40-66)59-76(72)82(74(70)56-61,53-31-15-11-7-3)54-32-16-12-8-4/h17-28,33-50,55-59H,5-16,29-32,51-54H2,1-4H3. The Morgan fingerprint density at radius 1 is 0.299 bits per heavy atom. The number of benzene rings is 9. The maximum Gasteiger partial charge on any atom is 0.0973 e. The molecule has 0 spiro atoms.